The van der Waals surface area contributed by atoms with Crippen LogP contribution in [-0.2, 0) is 4.79 Å². The second-order valence-electron chi connectivity index (χ2n) is 8.11. The molecule has 0 unspecified atom stereocenters. The highest BCUT2D eigenvalue weighted by Crippen LogP contribution is 2.31. The molecule has 1 heterocycles. The van der Waals surface area contributed by atoms with Gasteiger partial charge in [-0.05, 0) is 50.1 Å². The fourth-order valence-corrected chi connectivity index (χ4v) is 3.73. The molecule has 1 aliphatic heterocycles. The van der Waals surface area contributed by atoms with E-state index in [1.807, 2.05) is 48.2 Å². The van der Waals surface area contributed by atoms with E-state index in [1.165, 1.54) is 0 Å². The molecule has 0 aromatic heterocycles. The minimum Gasteiger partial charge on any atom is -0.326 e. The molecule has 4 rings (SSSR count). The monoisotopic (exact) mass is 392 g/mol. The standard InChI is InChI=1S/C23H28N4O2/c1-16-8-11-19(24-22(28)18-9-10-18)14-20(16)25-23(29)27-13-12-26(2)15-21(27)17-6-4-3-5-7-17/h3-8,11,14,18,21H,9-10,12-13,15H2,1-2H3,(H,24,28)(H,25,29)/t21-/m1/s1. The Hall–Kier alpha value is -2.86. The van der Waals surface area contributed by atoms with Crippen molar-refractivity contribution < 1.29 is 9.59 Å². The summed E-state index contributed by atoms with van der Waals surface area (Å²) in [5.41, 5.74) is 3.56. The van der Waals surface area contributed by atoms with Gasteiger partial charge in [0.05, 0.1) is 6.04 Å². The maximum atomic E-state index is 13.2. The van der Waals surface area contributed by atoms with Crippen LogP contribution in [0.2, 0.25) is 0 Å². The van der Waals surface area contributed by atoms with Crippen molar-refractivity contribution in [2.45, 2.75) is 25.8 Å². The van der Waals surface area contributed by atoms with E-state index in [4.69, 9.17) is 0 Å². The van der Waals surface area contributed by atoms with Crippen LogP contribution < -0.4 is 10.6 Å². The molecular formula is C23H28N4O2. The number of rotatable bonds is 4. The molecule has 1 atom stereocenters. The van der Waals surface area contributed by atoms with Crippen molar-refractivity contribution in [3.63, 3.8) is 0 Å². The number of piperazine rings is 1. The van der Waals surface area contributed by atoms with Gasteiger partial charge in [0.15, 0.2) is 0 Å². The second-order valence-corrected chi connectivity index (χ2v) is 8.11. The van der Waals surface area contributed by atoms with Crippen LogP contribution in [0, 0.1) is 12.8 Å². The van der Waals surface area contributed by atoms with E-state index in [2.05, 4.69) is 34.7 Å². The van der Waals surface area contributed by atoms with Crippen LogP contribution in [0.3, 0.4) is 0 Å². The van der Waals surface area contributed by atoms with Crippen LogP contribution >= 0.6 is 0 Å². The summed E-state index contributed by atoms with van der Waals surface area (Å²) in [6.07, 6.45) is 1.93. The summed E-state index contributed by atoms with van der Waals surface area (Å²) in [6, 6.07) is 15.7. The molecule has 1 saturated heterocycles. The third-order valence-electron chi connectivity index (χ3n) is 5.72. The molecule has 2 aliphatic rings. The number of nitrogens with zero attached hydrogens (tertiary/aromatic N) is 2. The third-order valence-corrected chi connectivity index (χ3v) is 5.72. The van der Waals surface area contributed by atoms with E-state index in [-0.39, 0.29) is 23.9 Å². The van der Waals surface area contributed by atoms with Crippen LogP contribution in [0.1, 0.15) is 30.0 Å². The smallest absolute Gasteiger partial charge is 0.322 e. The minimum absolute atomic E-state index is 0.00741. The predicted octanol–water partition coefficient (Wildman–Crippen LogP) is 3.86. The normalized spacial score (nSPS) is 19.7. The Balaban J connectivity index is 1.50. The summed E-state index contributed by atoms with van der Waals surface area (Å²) >= 11 is 0. The molecule has 6 nitrogen and oxygen atoms in total. The number of anilines is 2. The molecule has 152 valence electrons. The number of hydrogen-bond donors (Lipinski definition) is 2. The first kappa shape index (κ1) is 19.5. The van der Waals surface area contributed by atoms with Gasteiger partial charge in [-0.25, -0.2) is 4.79 Å². The topological polar surface area (TPSA) is 64.7 Å². The van der Waals surface area contributed by atoms with Gasteiger partial charge in [-0.3, -0.25) is 4.79 Å². The lowest BCUT2D eigenvalue weighted by Gasteiger charge is -2.40. The predicted molar refractivity (Wildman–Crippen MR) is 115 cm³/mol. The molecular weight excluding hydrogens is 364 g/mol. The highest BCUT2D eigenvalue weighted by molar-refractivity contribution is 5.96. The van der Waals surface area contributed by atoms with Gasteiger partial charge >= 0.3 is 6.03 Å². The van der Waals surface area contributed by atoms with Crippen molar-refractivity contribution >= 4 is 23.3 Å². The van der Waals surface area contributed by atoms with Crippen molar-refractivity contribution in [1.29, 1.82) is 0 Å². The fraction of sp³-hybridized carbons (Fsp3) is 0.391. The molecule has 6 heteroatoms. The van der Waals surface area contributed by atoms with Crippen LogP contribution in [0.5, 0.6) is 0 Å². The van der Waals surface area contributed by atoms with E-state index in [1.54, 1.807) is 0 Å². The summed E-state index contributed by atoms with van der Waals surface area (Å²) in [5.74, 6) is 0.209. The lowest BCUT2D eigenvalue weighted by molar-refractivity contribution is -0.117. The quantitative estimate of drug-likeness (QED) is 0.830. The number of amides is 3. The molecule has 2 N–H and O–H groups in total. The molecule has 2 aromatic rings. The number of carbonyl (C=O) groups excluding carboxylic acids is 2. The number of hydrogen-bond acceptors (Lipinski definition) is 3. The molecule has 1 aliphatic carbocycles. The molecule has 0 radical (unpaired) electrons. The SMILES string of the molecule is Cc1ccc(NC(=O)C2CC2)cc1NC(=O)N1CCN(C)C[C@@H]1c1ccccc1. The Labute approximate surface area is 171 Å². The highest BCUT2D eigenvalue weighted by atomic mass is 16.2. The zero-order valence-corrected chi connectivity index (χ0v) is 17.0. The number of urea groups is 1. The summed E-state index contributed by atoms with van der Waals surface area (Å²) in [6.45, 7) is 4.26. The molecule has 1 saturated carbocycles. The highest BCUT2D eigenvalue weighted by Gasteiger charge is 2.31. The van der Waals surface area contributed by atoms with E-state index in [0.717, 1.165) is 48.4 Å². The summed E-state index contributed by atoms with van der Waals surface area (Å²) in [4.78, 5) is 29.4. The summed E-state index contributed by atoms with van der Waals surface area (Å²) in [5, 5.41) is 6.02. The third kappa shape index (κ3) is 4.59. The van der Waals surface area contributed by atoms with Crippen LogP contribution in [0.25, 0.3) is 0 Å². The minimum atomic E-state index is -0.110. The van der Waals surface area contributed by atoms with Crippen molar-refractivity contribution in [2.75, 3.05) is 37.3 Å². The van der Waals surface area contributed by atoms with E-state index in [0.29, 0.717) is 6.54 Å². The van der Waals surface area contributed by atoms with Crippen LogP contribution in [0.15, 0.2) is 48.5 Å². The van der Waals surface area contributed by atoms with Gasteiger partial charge < -0.3 is 20.4 Å². The number of carbonyl (C=O) groups is 2. The zero-order chi connectivity index (χ0) is 20.4. The Morgan fingerprint density at radius 1 is 1.00 bits per heavy atom. The number of nitrogens with one attached hydrogen (secondary N) is 2. The first-order chi connectivity index (χ1) is 14.0. The summed E-state index contributed by atoms with van der Waals surface area (Å²) in [7, 11) is 2.08. The lowest BCUT2D eigenvalue weighted by Crippen LogP contribution is -2.50. The van der Waals surface area contributed by atoms with Gasteiger partial charge in [-0.15, -0.1) is 0 Å². The van der Waals surface area contributed by atoms with Gasteiger partial charge in [0.25, 0.3) is 0 Å². The van der Waals surface area contributed by atoms with Gasteiger partial charge in [0.2, 0.25) is 5.91 Å². The molecule has 0 bridgehead atoms. The van der Waals surface area contributed by atoms with Crippen molar-refractivity contribution in [3.05, 3.63) is 59.7 Å². The summed E-state index contributed by atoms with van der Waals surface area (Å²) < 4.78 is 0. The van der Waals surface area contributed by atoms with Crippen molar-refractivity contribution in [1.82, 2.24) is 9.80 Å². The maximum absolute atomic E-state index is 13.2. The van der Waals surface area contributed by atoms with E-state index in [9.17, 15) is 9.59 Å². The Bertz CT molecular complexity index is 895. The molecule has 2 fully saturated rings. The van der Waals surface area contributed by atoms with Gasteiger partial charge in [-0.1, -0.05) is 36.4 Å². The first-order valence-electron chi connectivity index (χ1n) is 10.2. The zero-order valence-electron chi connectivity index (χ0n) is 17.0. The fourth-order valence-electron chi connectivity index (χ4n) is 3.73. The molecule has 3 amide bonds. The van der Waals surface area contributed by atoms with E-state index >= 15 is 0 Å². The van der Waals surface area contributed by atoms with Gasteiger partial charge in [-0.2, -0.15) is 0 Å². The van der Waals surface area contributed by atoms with E-state index < -0.39 is 0 Å². The Morgan fingerprint density at radius 3 is 2.48 bits per heavy atom. The number of benzene rings is 2. The van der Waals surface area contributed by atoms with Gasteiger partial charge in [0, 0.05) is 36.9 Å². The lowest BCUT2D eigenvalue weighted by atomic mass is 10.0. The molecule has 29 heavy (non-hydrogen) atoms. The average Bonchev–Trinajstić information content (AvgIpc) is 3.56. The Morgan fingerprint density at radius 2 is 1.76 bits per heavy atom. The first-order valence-corrected chi connectivity index (χ1v) is 10.2. The average molecular weight is 393 g/mol. The van der Waals surface area contributed by atoms with Crippen LogP contribution in [0.4, 0.5) is 16.2 Å². The van der Waals surface area contributed by atoms with Crippen molar-refractivity contribution in [3.8, 4) is 0 Å². The number of likely N-dealkylation sites (N-methyl/N-ethyl adjacent to an activating group) is 1. The number of aryl methyl sites for hydroxylation is 1. The second kappa shape index (κ2) is 8.25. The molecule has 0 spiro atoms. The molecule has 2 aromatic carbocycles. The van der Waals surface area contributed by atoms with Gasteiger partial charge in [0.1, 0.15) is 0 Å². The van der Waals surface area contributed by atoms with Crippen molar-refractivity contribution in [2.24, 2.45) is 5.92 Å². The Kier molecular flexibility index (Phi) is 5.53. The maximum Gasteiger partial charge on any atom is 0.322 e. The largest absolute Gasteiger partial charge is 0.326 e. The van der Waals surface area contributed by atoms with Crippen LogP contribution in [-0.4, -0.2) is 48.4 Å².